The fraction of sp³-hybridized carbons (Fsp3) is 0.308. The molecule has 116 valence electrons. The maximum atomic E-state index is 12.1. The number of nitro groups is 1. The van der Waals surface area contributed by atoms with E-state index in [-0.39, 0.29) is 34.6 Å². The smallest absolute Gasteiger partial charge is 0.338 e. The van der Waals surface area contributed by atoms with Crippen molar-refractivity contribution in [3.63, 3.8) is 0 Å². The van der Waals surface area contributed by atoms with Gasteiger partial charge in [0, 0.05) is 31.2 Å². The van der Waals surface area contributed by atoms with Crippen LogP contribution >= 0.6 is 11.8 Å². The topological polar surface area (TPSA) is 118 Å². The normalized spacial score (nSPS) is 17.6. The van der Waals surface area contributed by atoms with Crippen molar-refractivity contribution in [3.8, 4) is 0 Å². The number of rotatable bonds is 4. The van der Waals surface area contributed by atoms with E-state index in [0.717, 1.165) is 22.7 Å². The van der Waals surface area contributed by atoms with Crippen molar-refractivity contribution >= 4 is 40.1 Å². The summed E-state index contributed by atoms with van der Waals surface area (Å²) in [4.78, 5) is 46.0. The second kappa shape index (κ2) is 6.14. The molecule has 0 aromatic heterocycles. The molecular formula is C13H12N2O6S. The second-order valence-corrected chi connectivity index (χ2v) is 6.15. The Hall–Kier alpha value is -2.42. The fourth-order valence-electron chi connectivity index (χ4n) is 2.34. The number of carbonyl (C=O) groups excluding carboxylic acids is 2. The lowest BCUT2D eigenvalue weighted by Gasteiger charge is -2.18. The molecular weight excluding hydrogens is 312 g/mol. The van der Waals surface area contributed by atoms with Gasteiger partial charge in [-0.1, -0.05) is 17.8 Å². The molecule has 1 heterocycles. The molecule has 1 atom stereocenters. The number of hydrogen-bond donors (Lipinski definition) is 1. The van der Waals surface area contributed by atoms with E-state index in [2.05, 4.69) is 0 Å². The molecule has 1 N–H and O–H groups in total. The quantitative estimate of drug-likeness (QED) is 0.661. The van der Waals surface area contributed by atoms with Gasteiger partial charge in [-0.25, -0.2) is 4.79 Å². The zero-order chi connectivity index (χ0) is 16.4. The van der Waals surface area contributed by atoms with Crippen molar-refractivity contribution in [2.45, 2.75) is 18.6 Å². The number of carbonyl (C=O) groups is 3. The van der Waals surface area contributed by atoms with Crippen LogP contribution in [0.1, 0.15) is 23.7 Å². The number of nitro benzene ring substituents is 1. The number of para-hydroxylation sites is 1. The van der Waals surface area contributed by atoms with Gasteiger partial charge in [-0.15, -0.1) is 0 Å². The number of hydrogen-bond acceptors (Lipinski definition) is 6. The first-order chi connectivity index (χ1) is 10.3. The molecule has 8 nitrogen and oxygen atoms in total. The second-order valence-electron chi connectivity index (χ2n) is 4.68. The average Bonchev–Trinajstić information content (AvgIpc) is 2.77. The maximum absolute atomic E-state index is 12.1. The highest BCUT2D eigenvalue weighted by Crippen LogP contribution is 2.37. The highest BCUT2D eigenvalue weighted by atomic mass is 32.2. The molecule has 22 heavy (non-hydrogen) atoms. The molecule has 1 saturated heterocycles. The predicted octanol–water partition coefficient (Wildman–Crippen LogP) is 1.68. The van der Waals surface area contributed by atoms with E-state index in [9.17, 15) is 29.6 Å². The largest absolute Gasteiger partial charge is 0.478 e. The van der Waals surface area contributed by atoms with Crippen molar-refractivity contribution in [1.82, 2.24) is 0 Å². The van der Waals surface area contributed by atoms with E-state index < -0.39 is 22.5 Å². The van der Waals surface area contributed by atoms with Crippen LogP contribution in [0.5, 0.6) is 0 Å². The third kappa shape index (κ3) is 3.08. The molecule has 1 fully saturated rings. The molecule has 2 rings (SSSR count). The Balaban J connectivity index is 2.47. The maximum Gasteiger partial charge on any atom is 0.338 e. The van der Waals surface area contributed by atoms with Crippen LogP contribution in [0.2, 0.25) is 0 Å². The summed E-state index contributed by atoms with van der Waals surface area (Å²) in [7, 11) is 0. The number of carboxylic acid groups (broad SMARTS) is 1. The van der Waals surface area contributed by atoms with Gasteiger partial charge < -0.3 is 10.0 Å². The number of anilines is 1. The van der Waals surface area contributed by atoms with Gasteiger partial charge in [0.25, 0.3) is 5.69 Å². The summed E-state index contributed by atoms with van der Waals surface area (Å²) in [5.41, 5.74) is -0.977. The summed E-state index contributed by atoms with van der Waals surface area (Å²) >= 11 is 0.974. The number of amides is 1. The summed E-state index contributed by atoms with van der Waals surface area (Å²) < 4.78 is 0. The van der Waals surface area contributed by atoms with Crippen LogP contribution in [0.25, 0.3) is 0 Å². The summed E-state index contributed by atoms with van der Waals surface area (Å²) in [5, 5.41) is 19.8. The Labute approximate surface area is 129 Å². The first-order valence-electron chi connectivity index (χ1n) is 6.29. The van der Waals surface area contributed by atoms with Crippen LogP contribution in [0.4, 0.5) is 11.4 Å². The summed E-state index contributed by atoms with van der Waals surface area (Å²) in [6.45, 7) is 1.43. The van der Waals surface area contributed by atoms with Gasteiger partial charge in [-0.2, -0.15) is 0 Å². The molecule has 1 amide bonds. The highest BCUT2D eigenvalue weighted by molar-refractivity contribution is 8.14. The van der Waals surface area contributed by atoms with Gasteiger partial charge in [0.05, 0.1) is 10.5 Å². The van der Waals surface area contributed by atoms with Crippen LogP contribution < -0.4 is 4.90 Å². The Morgan fingerprint density at radius 1 is 1.45 bits per heavy atom. The van der Waals surface area contributed by atoms with Crippen molar-refractivity contribution in [1.29, 1.82) is 0 Å². The number of thioether (sulfide) groups is 1. The van der Waals surface area contributed by atoms with Crippen LogP contribution in [-0.4, -0.2) is 38.8 Å². The molecule has 0 radical (unpaired) electrons. The van der Waals surface area contributed by atoms with Crippen molar-refractivity contribution < 1.29 is 24.4 Å². The third-order valence-corrected chi connectivity index (χ3v) is 4.11. The van der Waals surface area contributed by atoms with Crippen molar-refractivity contribution in [2.75, 3.05) is 11.4 Å². The molecule has 9 heteroatoms. The highest BCUT2D eigenvalue weighted by Gasteiger charge is 2.37. The van der Waals surface area contributed by atoms with E-state index in [4.69, 9.17) is 0 Å². The molecule has 1 aromatic rings. The van der Waals surface area contributed by atoms with Gasteiger partial charge in [-0.3, -0.25) is 19.7 Å². The summed E-state index contributed by atoms with van der Waals surface area (Å²) in [5.74, 6) is -1.79. The van der Waals surface area contributed by atoms with Gasteiger partial charge >= 0.3 is 5.97 Å². The summed E-state index contributed by atoms with van der Waals surface area (Å²) in [6.07, 6.45) is 0.0371. The van der Waals surface area contributed by atoms with E-state index in [1.807, 2.05) is 0 Å². The summed E-state index contributed by atoms with van der Waals surface area (Å²) in [6, 6.07) is 3.62. The standard InChI is InChI=1S/C13H12N2O6S/c1-7(16)22-8-5-11(17)14(6-8)12-9(13(18)19)3-2-4-10(12)15(20)21/h2-4,8H,5-6H2,1H3,(H,18,19). The zero-order valence-corrected chi connectivity index (χ0v) is 12.3. The minimum absolute atomic E-state index is 0.0371. The monoisotopic (exact) mass is 324 g/mol. The Bertz CT molecular complexity index is 642. The Morgan fingerprint density at radius 2 is 2.14 bits per heavy atom. The van der Waals surface area contributed by atoms with E-state index >= 15 is 0 Å². The third-order valence-electron chi connectivity index (χ3n) is 3.13. The van der Waals surface area contributed by atoms with E-state index in [0.29, 0.717) is 0 Å². The minimum Gasteiger partial charge on any atom is -0.478 e. The lowest BCUT2D eigenvalue weighted by atomic mass is 10.1. The van der Waals surface area contributed by atoms with Gasteiger partial charge in [0.2, 0.25) is 5.91 Å². The van der Waals surface area contributed by atoms with Gasteiger partial charge in [0.1, 0.15) is 5.69 Å². The number of carboxylic acids is 1. The molecule has 1 aliphatic heterocycles. The lowest BCUT2D eigenvalue weighted by Crippen LogP contribution is -2.28. The van der Waals surface area contributed by atoms with Crippen LogP contribution in [0.15, 0.2) is 18.2 Å². The fourth-order valence-corrected chi connectivity index (χ4v) is 3.26. The van der Waals surface area contributed by atoms with Crippen molar-refractivity contribution in [3.05, 3.63) is 33.9 Å². The van der Waals surface area contributed by atoms with Gasteiger partial charge in [0.15, 0.2) is 5.12 Å². The molecule has 0 aliphatic carbocycles. The Morgan fingerprint density at radius 3 is 2.68 bits per heavy atom. The van der Waals surface area contributed by atoms with E-state index in [1.54, 1.807) is 0 Å². The molecule has 0 bridgehead atoms. The molecule has 1 unspecified atom stereocenters. The first kappa shape index (κ1) is 16.0. The average molecular weight is 324 g/mol. The lowest BCUT2D eigenvalue weighted by molar-refractivity contribution is -0.384. The number of aromatic carboxylic acids is 1. The minimum atomic E-state index is -1.35. The molecule has 0 spiro atoms. The Kier molecular flexibility index (Phi) is 4.45. The number of benzene rings is 1. The number of nitrogens with zero attached hydrogens (tertiary/aromatic N) is 2. The predicted molar refractivity (Wildman–Crippen MR) is 79.1 cm³/mol. The van der Waals surface area contributed by atoms with Crippen LogP contribution in [-0.2, 0) is 9.59 Å². The van der Waals surface area contributed by atoms with Crippen LogP contribution in [0, 0.1) is 10.1 Å². The zero-order valence-electron chi connectivity index (χ0n) is 11.5. The molecule has 1 aliphatic rings. The van der Waals surface area contributed by atoms with Crippen LogP contribution in [0.3, 0.4) is 0 Å². The molecule has 1 aromatic carbocycles. The molecule has 0 saturated carbocycles. The van der Waals surface area contributed by atoms with Gasteiger partial charge in [-0.05, 0) is 6.07 Å². The first-order valence-corrected chi connectivity index (χ1v) is 7.17. The SMILES string of the molecule is CC(=O)SC1CC(=O)N(c2c(C(=O)O)cccc2[N+](=O)[O-])C1. The van der Waals surface area contributed by atoms with Crippen molar-refractivity contribution in [2.24, 2.45) is 0 Å². The van der Waals surface area contributed by atoms with E-state index in [1.165, 1.54) is 19.1 Å².